The van der Waals surface area contributed by atoms with E-state index in [1.54, 1.807) is 21.0 Å². The largest absolute Gasteiger partial charge is 0.496 e. The lowest BCUT2D eigenvalue weighted by Gasteiger charge is -2.21. The first-order valence-corrected chi connectivity index (χ1v) is 5.32. The average molecular weight is 219 g/mol. The van der Waals surface area contributed by atoms with Gasteiger partial charge in [-0.1, -0.05) is 6.07 Å². The van der Waals surface area contributed by atoms with Crippen LogP contribution in [-0.4, -0.2) is 17.2 Å². The molecule has 1 aromatic heterocycles. The number of benzene rings is 1. The topological polar surface area (TPSA) is 45.2 Å². The number of aromatic nitrogens is 1. The van der Waals surface area contributed by atoms with Crippen LogP contribution in [0.4, 0.5) is 0 Å². The van der Waals surface area contributed by atoms with E-state index in [2.05, 4.69) is 4.98 Å². The Morgan fingerprint density at radius 2 is 2.00 bits per heavy atom. The fraction of sp³-hybridized carbons (Fsp3) is 0.385. The Labute approximate surface area is 95.1 Å². The van der Waals surface area contributed by atoms with Crippen molar-refractivity contribution in [3.8, 4) is 5.75 Å². The lowest BCUT2D eigenvalue weighted by atomic mass is 9.96. The summed E-state index contributed by atoms with van der Waals surface area (Å²) in [5.41, 5.74) is 2.02. The van der Waals surface area contributed by atoms with Crippen LogP contribution in [0, 0.1) is 6.92 Å². The van der Waals surface area contributed by atoms with Gasteiger partial charge < -0.3 is 14.8 Å². The van der Waals surface area contributed by atoms with E-state index in [4.69, 9.17) is 4.74 Å². The summed E-state index contributed by atoms with van der Waals surface area (Å²) in [6.07, 6.45) is 0. The fourth-order valence-corrected chi connectivity index (χ4v) is 2.02. The van der Waals surface area contributed by atoms with Crippen molar-refractivity contribution in [2.75, 3.05) is 7.11 Å². The second-order valence-corrected chi connectivity index (χ2v) is 4.62. The Hall–Kier alpha value is -1.48. The number of ether oxygens (including phenoxy) is 1. The number of aromatic amines is 1. The molecule has 0 bridgehead atoms. The molecule has 16 heavy (non-hydrogen) atoms. The molecule has 0 amide bonds. The first kappa shape index (κ1) is 11.0. The van der Waals surface area contributed by atoms with E-state index in [-0.39, 0.29) is 0 Å². The molecule has 86 valence electrons. The summed E-state index contributed by atoms with van der Waals surface area (Å²) < 4.78 is 5.42. The highest BCUT2D eigenvalue weighted by Gasteiger charge is 2.22. The molecular formula is C13H17NO2. The summed E-state index contributed by atoms with van der Waals surface area (Å²) in [7, 11) is 1.63. The van der Waals surface area contributed by atoms with Crippen molar-refractivity contribution in [3.63, 3.8) is 0 Å². The molecule has 0 radical (unpaired) electrons. The maximum atomic E-state index is 10.1. The summed E-state index contributed by atoms with van der Waals surface area (Å²) in [5.74, 6) is 0.745. The molecule has 2 aromatic rings. The van der Waals surface area contributed by atoms with Gasteiger partial charge in [-0.25, -0.2) is 0 Å². The van der Waals surface area contributed by atoms with E-state index in [0.29, 0.717) is 0 Å². The van der Waals surface area contributed by atoms with Crippen LogP contribution in [0.3, 0.4) is 0 Å². The third-order valence-corrected chi connectivity index (χ3v) is 2.75. The van der Waals surface area contributed by atoms with Gasteiger partial charge in [-0.15, -0.1) is 0 Å². The highest BCUT2D eigenvalue weighted by Crippen LogP contribution is 2.36. The predicted octanol–water partition coefficient (Wildman–Crippen LogP) is 2.71. The van der Waals surface area contributed by atoms with E-state index in [0.717, 1.165) is 27.9 Å². The SMILES string of the molecule is COc1c(C(C)(C)O)ccc2[nH]c(C)cc12. The number of nitrogens with one attached hydrogen (secondary N) is 1. The third kappa shape index (κ3) is 1.67. The number of methoxy groups -OCH3 is 1. The molecule has 0 saturated carbocycles. The standard InChI is InChI=1S/C13H17NO2/c1-8-7-9-11(14-8)6-5-10(12(9)16-4)13(2,3)15/h5-7,14-15H,1-4H3. The maximum absolute atomic E-state index is 10.1. The van der Waals surface area contributed by atoms with Crippen molar-refractivity contribution in [2.45, 2.75) is 26.4 Å². The van der Waals surface area contributed by atoms with Crippen LogP contribution in [-0.2, 0) is 5.60 Å². The van der Waals surface area contributed by atoms with Crippen molar-refractivity contribution in [1.29, 1.82) is 0 Å². The zero-order chi connectivity index (χ0) is 11.9. The van der Waals surface area contributed by atoms with Gasteiger partial charge in [-0.2, -0.15) is 0 Å². The number of aliphatic hydroxyl groups is 1. The second kappa shape index (κ2) is 3.52. The molecule has 3 nitrogen and oxygen atoms in total. The van der Waals surface area contributed by atoms with Gasteiger partial charge in [0.1, 0.15) is 5.75 Å². The fourth-order valence-electron chi connectivity index (χ4n) is 2.02. The van der Waals surface area contributed by atoms with Crippen LogP contribution in [0.2, 0.25) is 0 Å². The minimum Gasteiger partial charge on any atom is -0.496 e. The lowest BCUT2D eigenvalue weighted by molar-refractivity contribution is 0.0759. The van der Waals surface area contributed by atoms with Gasteiger partial charge in [-0.05, 0) is 32.9 Å². The highest BCUT2D eigenvalue weighted by molar-refractivity contribution is 5.88. The molecule has 0 aliphatic rings. The van der Waals surface area contributed by atoms with Crippen molar-refractivity contribution in [2.24, 2.45) is 0 Å². The molecule has 0 atom stereocenters. The van der Waals surface area contributed by atoms with Gasteiger partial charge in [0.2, 0.25) is 0 Å². The van der Waals surface area contributed by atoms with E-state index in [9.17, 15) is 5.11 Å². The molecule has 0 aliphatic heterocycles. The van der Waals surface area contributed by atoms with Gasteiger partial charge in [0, 0.05) is 22.2 Å². The van der Waals surface area contributed by atoms with E-state index < -0.39 is 5.60 Å². The summed E-state index contributed by atoms with van der Waals surface area (Å²) in [5, 5.41) is 11.1. The van der Waals surface area contributed by atoms with Gasteiger partial charge in [0.25, 0.3) is 0 Å². The molecule has 1 aromatic carbocycles. The molecule has 0 spiro atoms. The van der Waals surface area contributed by atoms with Crippen molar-refractivity contribution in [1.82, 2.24) is 4.98 Å². The minimum absolute atomic E-state index is 0.745. The van der Waals surface area contributed by atoms with Crippen LogP contribution in [0.25, 0.3) is 10.9 Å². The molecule has 0 fully saturated rings. The molecule has 0 unspecified atom stereocenters. The van der Waals surface area contributed by atoms with Crippen molar-refractivity contribution in [3.05, 3.63) is 29.5 Å². The summed E-state index contributed by atoms with van der Waals surface area (Å²) in [6, 6.07) is 5.90. The van der Waals surface area contributed by atoms with Crippen molar-refractivity contribution < 1.29 is 9.84 Å². The number of fused-ring (bicyclic) bond motifs is 1. The lowest BCUT2D eigenvalue weighted by Crippen LogP contribution is -2.16. The number of aryl methyl sites for hydroxylation is 1. The predicted molar refractivity (Wildman–Crippen MR) is 64.8 cm³/mol. The summed E-state index contributed by atoms with van der Waals surface area (Å²) >= 11 is 0. The van der Waals surface area contributed by atoms with Crippen molar-refractivity contribution >= 4 is 10.9 Å². The average Bonchev–Trinajstić information content (AvgIpc) is 2.54. The number of rotatable bonds is 2. The van der Waals surface area contributed by atoms with Crippen LogP contribution in [0.5, 0.6) is 5.75 Å². The monoisotopic (exact) mass is 219 g/mol. The first-order valence-electron chi connectivity index (χ1n) is 5.32. The Kier molecular flexibility index (Phi) is 2.43. The molecule has 2 rings (SSSR count). The third-order valence-electron chi connectivity index (χ3n) is 2.75. The van der Waals surface area contributed by atoms with Crippen LogP contribution >= 0.6 is 0 Å². The minimum atomic E-state index is -0.898. The smallest absolute Gasteiger partial charge is 0.134 e. The van der Waals surface area contributed by atoms with Gasteiger partial charge in [0.15, 0.2) is 0 Å². The molecule has 2 N–H and O–H groups in total. The summed E-state index contributed by atoms with van der Waals surface area (Å²) in [4.78, 5) is 3.25. The van der Waals surface area contributed by atoms with E-state index in [1.165, 1.54) is 0 Å². The molecule has 0 saturated heterocycles. The quantitative estimate of drug-likeness (QED) is 0.815. The molecule has 0 aliphatic carbocycles. The number of hydrogen-bond donors (Lipinski definition) is 2. The zero-order valence-corrected chi connectivity index (χ0v) is 10.1. The second-order valence-electron chi connectivity index (χ2n) is 4.62. The molecule has 1 heterocycles. The Morgan fingerprint density at radius 1 is 1.31 bits per heavy atom. The first-order chi connectivity index (χ1) is 7.43. The highest BCUT2D eigenvalue weighted by atomic mass is 16.5. The normalized spacial score (nSPS) is 12.1. The molecular weight excluding hydrogens is 202 g/mol. The summed E-state index contributed by atoms with van der Waals surface area (Å²) in [6.45, 7) is 5.52. The Balaban J connectivity index is 2.77. The van der Waals surface area contributed by atoms with E-state index in [1.807, 2.05) is 25.1 Å². The Bertz CT molecular complexity index is 520. The Morgan fingerprint density at radius 3 is 2.56 bits per heavy atom. The maximum Gasteiger partial charge on any atom is 0.134 e. The molecule has 3 heteroatoms. The van der Waals surface area contributed by atoms with Crippen LogP contribution < -0.4 is 4.74 Å². The number of H-pyrrole nitrogens is 1. The van der Waals surface area contributed by atoms with Crippen LogP contribution in [0.1, 0.15) is 25.1 Å². The number of hydrogen-bond acceptors (Lipinski definition) is 2. The van der Waals surface area contributed by atoms with E-state index >= 15 is 0 Å². The van der Waals surface area contributed by atoms with Gasteiger partial charge in [0.05, 0.1) is 12.7 Å². The van der Waals surface area contributed by atoms with Gasteiger partial charge in [-0.3, -0.25) is 0 Å². The van der Waals surface area contributed by atoms with Gasteiger partial charge >= 0.3 is 0 Å². The van der Waals surface area contributed by atoms with Crippen LogP contribution in [0.15, 0.2) is 18.2 Å². The zero-order valence-electron chi connectivity index (χ0n) is 10.1.